The first kappa shape index (κ1) is 35.0. The molecule has 8 nitrogen and oxygen atoms in total. The van der Waals surface area contributed by atoms with Crippen LogP contribution in [0, 0.1) is 34.4 Å². The number of rotatable bonds is 10. The summed E-state index contributed by atoms with van der Waals surface area (Å²) < 4.78 is 32.8. The number of amides is 2. The molecule has 0 radical (unpaired) electrons. The fourth-order valence-corrected chi connectivity index (χ4v) is 8.91. The minimum Gasteiger partial charge on any atom is -0.496 e. The Kier molecular flexibility index (Phi) is 9.59. The van der Waals surface area contributed by atoms with E-state index in [1.165, 1.54) is 19.2 Å². The number of esters is 1. The zero-order valence-corrected chi connectivity index (χ0v) is 30.0. The molecular weight excluding hydrogens is 647 g/mol. The Balaban J connectivity index is 0.987. The van der Waals surface area contributed by atoms with Crippen LogP contribution < -0.4 is 20.1 Å². The number of hydrogen-bond donors (Lipinski definition) is 2. The molecule has 0 saturated heterocycles. The standard InChI is InChI=1S/C42H49FN2O6/c1-41(2)18-8-13-35(41)44-39(47)36-26-14-15-27(21-26)37(36)45-38(46)31-22-34(32(43)23-33(31)49-4)51-29-16-19-42(3,20-17-29)40(48)50-24-28-11-7-10-25-9-5-6-12-30(25)28/h5-7,9-12,14-15,22-23,26-27,29,35-37H,8,13,16-21,24H2,1-4H3,(H,44,47)(H,45,46)/t26-,27+,29?,35+,36+,37-,42?/m1/s1. The van der Waals surface area contributed by atoms with E-state index in [-0.39, 0.29) is 76.9 Å². The maximum atomic E-state index is 15.4. The first-order valence-electron chi connectivity index (χ1n) is 18.4. The molecule has 0 aliphatic heterocycles. The van der Waals surface area contributed by atoms with Crippen LogP contribution in [-0.2, 0) is 20.9 Å². The summed E-state index contributed by atoms with van der Waals surface area (Å²) in [6.07, 6.45) is 9.87. The van der Waals surface area contributed by atoms with Gasteiger partial charge in [0.15, 0.2) is 11.6 Å². The van der Waals surface area contributed by atoms with Crippen molar-refractivity contribution < 1.29 is 33.0 Å². The number of allylic oxidation sites excluding steroid dienone is 1. The maximum Gasteiger partial charge on any atom is 0.312 e. The molecule has 270 valence electrons. The van der Waals surface area contributed by atoms with Crippen molar-refractivity contribution in [3.05, 3.63) is 83.7 Å². The normalized spacial score (nSPS) is 29.1. The molecule has 3 aromatic carbocycles. The zero-order chi connectivity index (χ0) is 35.9. The maximum absolute atomic E-state index is 15.4. The van der Waals surface area contributed by atoms with Gasteiger partial charge in [0.2, 0.25) is 5.91 Å². The van der Waals surface area contributed by atoms with Crippen molar-refractivity contribution >= 4 is 28.6 Å². The van der Waals surface area contributed by atoms with Gasteiger partial charge in [-0.15, -0.1) is 0 Å². The minimum absolute atomic E-state index is 0.0195. The highest BCUT2D eigenvalue weighted by molar-refractivity contribution is 5.98. The lowest BCUT2D eigenvalue weighted by Gasteiger charge is -2.35. The van der Waals surface area contributed by atoms with E-state index in [9.17, 15) is 14.4 Å². The Labute approximate surface area is 299 Å². The number of benzene rings is 3. The summed E-state index contributed by atoms with van der Waals surface area (Å²) in [5.41, 5.74) is 0.465. The van der Waals surface area contributed by atoms with Gasteiger partial charge in [0.05, 0.1) is 30.1 Å². The average molecular weight is 697 g/mol. The van der Waals surface area contributed by atoms with Gasteiger partial charge in [-0.05, 0) is 91.5 Å². The van der Waals surface area contributed by atoms with Crippen molar-refractivity contribution in [2.75, 3.05) is 7.11 Å². The van der Waals surface area contributed by atoms with Crippen LogP contribution in [0.25, 0.3) is 10.8 Å². The van der Waals surface area contributed by atoms with Crippen LogP contribution in [0.15, 0.2) is 66.7 Å². The van der Waals surface area contributed by atoms with Gasteiger partial charge in [-0.2, -0.15) is 0 Å². The molecule has 7 rings (SSSR count). The van der Waals surface area contributed by atoms with Crippen molar-refractivity contribution in [3.8, 4) is 11.5 Å². The van der Waals surface area contributed by atoms with Crippen molar-refractivity contribution in [3.63, 3.8) is 0 Å². The van der Waals surface area contributed by atoms with E-state index in [1.807, 2.05) is 49.4 Å². The lowest BCUT2D eigenvalue weighted by molar-refractivity contribution is -0.159. The van der Waals surface area contributed by atoms with Crippen LogP contribution in [0.1, 0.15) is 88.1 Å². The van der Waals surface area contributed by atoms with Crippen LogP contribution >= 0.6 is 0 Å². The van der Waals surface area contributed by atoms with Gasteiger partial charge < -0.3 is 24.8 Å². The largest absolute Gasteiger partial charge is 0.496 e. The summed E-state index contributed by atoms with van der Waals surface area (Å²) in [6.45, 7) is 6.50. The molecule has 4 aliphatic carbocycles. The SMILES string of the molecule is COc1cc(F)c(OC2CCC(C)(C(=O)OCc3cccc4ccccc34)CC2)cc1C(=O)N[C@H]1[C@@H](C(=O)N[C@H]2CCCC2(C)C)[C@@H]2C=C[C@H]1C2. The fourth-order valence-electron chi connectivity index (χ4n) is 8.91. The van der Waals surface area contributed by atoms with E-state index in [0.717, 1.165) is 42.0 Å². The highest BCUT2D eigenvalue weighted by Crippen LogP contribution is 2.45. The lowest BCUT2D eigenvalue weighted by atomic mass is 9.74. The van der Waals surface area contributed by atoms with Crippen molar-refractivity contribution in [2.45, 2.75) is 96.9 Å². The third-order valence-electron chi connectivity index (χ3n) is 12.2. The summed E-state index contributed by atoms with van der Waals surface area (Å²) in [4.78, 5) is 40.8. The molecule has 2 amide bonds. The molecule has 9 heteroatoms. The second-order valence-electron chi connectivity index (χ2n) is 16.0. The highest BCUT2D eigenvalue weighted by atomic mass is 19.1. The summed E-state index contributed by atoms with van der Waals surface area (Å²) in [7, 11) is 1.40. The molecule has 0 spiro atoms. The van der Waals surface area contributed by atoms with E-state index in [0.29, 0.717) is 25.7 Å². The minimum atomic E-state index is -0.681. The van der Waals surface area contributed by atoms with Crippen LogP contribution in [-0.4, -0.2) is 43.1 Å². The Morgan fingerprint density at radius 3 is 2.37 bits per heavy atom. The van der Waals surface area contributed by atoms with E-state index in [1.54, 1.807) is 0 Å². The Hall–Kier alpha value is -4.40. The molecule has 0 unspecified atom stereocenters. The van der Waals surface area contributed by atoms with E-state index in [4.69, 9.17) is 14.2 Å². The number of nitrogens with one attached hydrogen (secondary N) is 2. The Morgan fingerprint density at radius 2 is 1.63 bits per heavy atom. The van der Waals surface area contributed by atoms with Gasteiger partial charge in [0, 0.05) is 18.2 Å². The van der Waals surface area contributed by atoms with Gasteiger partial charge in [0.1, 0.15) is 12.4 Å². The summed E-state index contributed by atoms with van der Waals surface area (Å²) >= 11 is 0. The monoisotopic (exact) mass is 696 g/mol. The molecular formula is C42H49FN2O6. The smallest absolute Gasteiger partial charge is 0.312 e. The summed E-state index contributed by atoms with van der Waals surface area (Å²) in [5, 5.41) is 8.59. The van der Waals surface area contributed by atoms with Gasteiger partial charge in [0.25, 0.3) is 5.91 Å². The summed E-state index contributed by atoms with van der Waals surface area (Å²) in [5.74, 6) is -1.56. The van der Waals surface area contributed by atoms with E-state index >= 15 is 4.39 Å². The van der Waals surface area contributed by atoms with Gasteiger partial charge in [-0.3, -0.25) is 14.4 Å². The first-order valence-corrected chi connectivity index (χ1v) is 18.4. The molecule has 2 bridgehead atoms. The molecule has 3 fully saturated rings. The molecule has 3 aromatic rings. The number of carbonyl (C=O) groups is 3. The van der Waals surface area contributed by atoms with Crippen molar-refractivity contribution in [2.24, 2.45) is 28.6 Å². The first-order chi connectivity index (χ1) is 24.5. The van der Waals surface area contributed by atoms with E-state index in [2.05, 4.69) is 36.6 Å². The van der Waals surface area contributed by atoms with Crippen LogP contribution in [0.3, 0.4) is 0 Å². The van der Waals surface area contributed by atoms with Gasteiger partial charge >= 0.3 is 5.97 Å². The molecule has 3 saturated carbocycles. The number of carbonyl (C=O) groups excluding carboxylic acids is 3. The second kappa shape index (κ2) is 14.0. The quantitative estimate of drug-likeness (QED) is 0.167. The Bertz CT molecular complexity index is 1840. The molecule has 2 N–H and O–H groups in total. The predicted molar refractivity (Wildman–Crippen MR) is 193 cm³/mol. The molecule has 4 aliphatic rings. The fraction of sp³-hybridized carbons (Fsp3) is 0.500. The lowest BCUT2D eigenvalue weighted by Crippen LogP contribution is -2.52. The van der Waals surface area contributed by atoms with Gasteiger partial charge in [-0.1, -0.05) is 74.9 Å². The predicted octanol–water partition coefficient (Wildman–Crippen LogP) is 7.67. The van der Waals surface area contributed by atoms with Gasteiger partial charge in [-0.25, -0.2) is 4.39 Å². The second-order valence-corrected chi connectivity index (χ2v) is 16.0. The van der Waals surface area contributed by atoms with Crippen LogP contribution in [0.4, 0.5) is 4.39 Å². The average Bonchev–Trinajstić information content (AvgIpc) is 3.83. The van der Waals surface area contributed by atoms with Crippen LogP contribution in [0.2, 0.25) is 0 Å². The number of halogens is 1. The topological polar surface area (TPSA) is 103 Å². The molecule has 51 heavy (non-hydrogen) atoms. The number of hydrogen-bond acceptors (Lipinski definition) is 6. The third-order valence-corrected chi connectivity index (χ3v) is 12.2. The Morgan fingerprint density at radius 1 is 0.882 bits per heavy atom. The molecule has 0 heterocycles. The van der Waals surface area contributed by atoms with Crippen molar-refractivity contribution in [1.29, 1.82) is 0 Å². The molecule has 5 atom stereocenters. The van der Waals surface area contributed by atoms with E-state index < -0.39 is 17.1 Å². The number of methoxy groups -OCH3 is 1. The zero-order valence-electron chi connectivity index (χ0n) is 30.0. The number of ether oxygens (including phenoxy) is 3. The third kappa shape index (κ3) is 6.96. The highest BCUT2D eigenvalue weighted by Gasteiger charge is 2.50. The van der Waals surface area contributed by atoms with Crippen molar-refractivity contribution in [1.82, 2.24) is 10.6 Å². The molecule has 0 aromatic heterocycles. The van der Waals surface area contributed by atoms with Crippen LogP contribution in [0.5, 0.6) is 11.5 Å². The number of fused-ring (bicyclic) bond motifs is 3. The summed E-state index contributed by atoms with van der Waals surface area (Å²) in [6, 6.07) is 16.3.